The van der Waals surface area contributed by atoms with Gasteiger partial charge >= 0.3 is 0 Å². The van der Waals surface area contributed by atoms with Crippen LogP contribution in [0.25, 0.3) is 0 Å². The normalized spacial score (nSPS) is 31.7. The van der Waals surface area contributed by atoms with E-state index in [-0.39, 0.29) is 0 Å². The Balaban J connectivity index is 2.93. The maximum Gasteiger partial charge on any atom is 0.213 e. The summed E-state index contributed by atoms with van der Waals surface area (Å²) in [4.78, 5) is 6.75. The number of hydrogen-bond donors (Lipinski definition) is 1. The van der Waals surface area contributed by atoms with E-state index in [1.54, 1.807) is 0 Å². The van der Waals surface area contributed by atoms with Crippen LogP contribution in [0.2, 0.25) is 0 Å². The Labute approximate surface area is 57.6 Å². The molecule has 0 radical (unpaired) electrons. The van der Waals surface area contributed by atoms with E-state index in [1.165, 1.54) is 13.1 Å². The lowest BCUT2D eigenvalue weighted by atomic mass is 10.1. The molecule has 1 atom stereocenters. The van der Waals surface area contributed by atoms with Crippen molar-refractivity contribution in [3.05, 3.63) is 12.0 Å². The van der Waals surface area contributed by atoms with E-state index in [0.29, 0.717) is 0 Å². The molecule has 0 aromatic carbocycles. The second-order valence-electron chi connectivity index (χ2n) is 2.22. The first kappa shape index (κ1) is 7.08. The van der Waals surface area contributed by atoms with Gasteiger partial charge in [0, 0.05) is 12.3 Å². The van der Waals surface area contributed by atoms with E-state index in [0.717, 1.165) is 12.4 Å². The van der Waals surface area contributed by atoms with Crippen LogP contribution in [0.4, 0.5) is 4.39 Å². The summed E-state index contributed by atoms with van der Waals surface area (Å²) in [5.41, 5.74) is -1.32. The van der Waals surface area contributed by atoms with Crippen molar-refractivity contribution in [3.8, 4) is 0 Å². The van der Waals surface area contributed by atoms with Crippen LogP contribution in [0.5, 0.6) is 0 Å². The molecule has 0 saturated carbocycles. The molecule has 1 N–H and O–H groups in total. The molecule has 10 heavy (non-hydrogen) atoms. The third-order valence-electron chi connectivity index (χ3n) is 0.995. The molecule has 0 bridgehead atoms. The maximum atomic E-state index is 12.4. The smallest absolute Gasteiger partial charge is 0.213 e. The quantitative estimate of drug-likeness (QED) is 0.496. The van der Waals surface area contributed by atoms with Crippen LogP contribution in [0.1, 0.15) is 6.92 Å². The van der Waals surface area contributed by atoms with Gasteiger partial charge in [0.15, 0.2) is 0 Å². The molecule has 4 heteroatoms. The number of aliphatic imine (C=N–C) groups is 2. The van der Waals surface area contributed by atoms with E-state index < -0.39 is 11.6 Å². The van der Waals surface area contributed by atoms with Crippen LogP contribution in [-0.2, 0) is 0 Å². The van der Waals surface area contributed by atoms with Gasteiger partial charge in [0.05, 0.1) is 0 Å². The van der Waals surface area contributed by atoms with Gasteiger partial charge in [-0.15, -0.1) is 0 Å². The molecule has 1 aliphatic heterocycles. The zero-order chi connectivity index (χ0) is 7.61. The summed E-state index contributed by atoms with van der Waals surface area (Å²) in [5, 5.41) is 9.18. The van der Waals surface area contributed by atoms with E-state index >= 15 is 0 Å². The highest BCUT2D eigenvalue weighted by molar-refractivity contribution is 5.81. The first-order valence-corrected chi connectivity index (χ1v) is 2.78. The zero-order valence-electron chi connectivity index (χ0n) is 5.45. The third-order valence-corrected chi connectivity index (χ3v) is 0.995. The Morgan fingerprint density at radius 2 is 2.40 bits per heavy atom. The lowest BCUT2D eigenvalue weighted by molar-refractivity contribution is 0.187. The van der Waals surface area contributed by atoms with E-state index in [1.807, 2.05) is 0 Å². The van der Waals surface area contributed by atoms with E-state index in [9.17, 15) is 9.50 Å². The minimum Gasteiger partial charge on any atom is -0.380 e. The summed E-state index contributed by atoms with van der Waals surface area (Å²) in [7, 11) is 0. The van der Waals surface area contributed by atoms with Crippen molar-refractivity contribution in [2.75, 3.05) is 0 Å². The number of aliphatic hydroxyl groups is 1. The molecule has 54 valence electrons. The second kappa shape index (κ2) is 2.30. The molecule has 0 amide bonds. The van der Waals surface area contributed by atoms with Crippen molar-refractivity contribution in [2.45, 2.75) is 12.5 Å². The van der Waals surface area contributed by atoms with Crippen molar-refractivity contribution in [1.29, 1.82) is 0 Å². The molecule has 3 nitrogen and oxygen atoms in total. The zero-order valence-corrected chi connectivity index (χ0v) is 5.45. The Kier molecular flexibility index (Phi) is 1.63. The molecular weight excluding hydrogens is 135 g/mol. The largest absolute Gasteiger partial charge is 0.380 e. The highest BCUT2D eigenvalue weighted by atomic mass is 19.1. The monoisotopic (exact) mass is 142 g/mol. The molecule has 0 aliphatic carbocycles. The van der Waals surface area contributed by atoms with E-state index in [4.69, 9.17) is 0 Å². The van der Waals surface area contributed by atoms with Crippen LogP contribution in [-0.4, -0.2) is 23.3 Å². The molecule has 0 spiro atoms. The van der Waals surface area contributed by atoms with Gasteiger partial charge in [-0.25, -0.2) is 9.98 Å². The van der Waals surface area contributed by atoms with Gasteiger partial charge in [-0.3, -0.25) is 0 Å². The van der Waals surface area contributed by atoms with Crippen LogP contribution in [0.3, 0.4) is 0 Å². The highest BCUT2D eigenvalue weighted by Crippen LogP contribution is 2.10. The van der Waals surface area contributed by atoms with E-state index in [2.05, 4.69) is 9.98 Å². The van der Waals surface area contributed by atoms with Crippen molar-refractivity contribution in [2.24, 2.45) is 9.98 Å². The Bertz CT molecular complexity index is 218. The fourth-order valence-corrected chi connectivity index (χ4v) is 0.588. The van der Waals surface area contributed by atoms with Crippen molar-refractivity contribution >= 4 is 12.6 Å². The van der Waals surface area contributed by atoms with Gasteiger partial charge in [0.1, 0.15) is 11.9 Å². The van der Waals surface area contributed by atoms with Crippen LogP contribution < -0.4 is 0 Å². The predicted molar refractivity (Wildman–Crippen MR) is 36.8 cm³/mol. The van der Waals surface area contributed by atoms with Crippen molar-refractivity contribution in [3.63, 3.8) is 0 Å². The standard InChI is InChI=1S/C6H7FN2O/c1-6(10)2-5(7)9-4-8-3-6/h2-4,10H,1H3. The average Bonchev–Trinajstić information content (AvgIpc) is 1.90. The molecule has 0 aromatic heterocycles. The number of hydrogen-bond acceptors (Lipinski definition) is 3. The number of nitrogens with zero attached hydrogens (tertiary/aromatic N) is 2. The Morgan fingerprint density at radius 3 is 3.10 bits per heavy atom. The topological polar surface area (TPSA) is 45.0 Å². The van der Waals surface area contributed by atoms with Crippen LogP contribution in [0, 0.1) is 0 Å². The highest BCUT2D eigenvalue weighted by Gasteiger charge is 2.16. The minimum atomic E-state index is -1.32. The predicted octanol–water partition coefficient (Wildman–Crippen LogP) is 0.661. The number of halogens is 1. The lowest BCUT2D eigenvalue weighted by Gasteiger charge is -2.09. The Morgan fingerprint density at radius 1 is 1.70 bits per heavy atom. The number of rotatable bonds is 0. The summed E-state index contributed by atoms with van der Waals surface area (Å²) in [5.74, 6) is -0.720. The summed E-state index contributed by atoms with van der Waals surface area (Å²) < 4.78 is 12.4. The molecular formula is C6H7FN2O. The fourth-order valence-electron chi connectivity index (χ4n) is 0.588. The SMILES string of the molecule is CC1(O)C=NC=NC(F)=C1. The summed E-state index contributed by atoms with van der Waals surface area (Å²) in [6.07, 6.45) is 3.25. The van der Waals surface area contributed by atoms with Gasteiger partial charge in [-0.05, 0) is 6.92 Å². The van der Waals surface area contributed by atoms with Crippen molar-refractivity contribution in [1.82, 2.24) is 0 Å². The third kappa shape index (κ3) is 1.73. The minimum absolute atomic E-state index is 0.720. The fraction of sp³-hybridized carbons (Fsp3) is 0.333. The van der Waals surface area contributed by atoms with Gasteiger partial charge in [-0.1, -0.05) is 0 Å². The van der Waals surface area contributed by atoms with Crippen LogP contribution >= 0.6 is 0 Å². The molecule has 0 fully saturated rings. The van der Waals surface area contributed by atoms with Gasteiger partial charge in [0.2, 0.25) is 5.95 Å². The second-order valence-corrected chi connectivity index (χ2v) is 2.22. The first-order valence-electron chi connectivity index (χ1n) is 2.78. The molecule has 1 rings (SSSR count). The molecule has 0 saturated heterocycles. The lowest BCUT2D eigenvalue weighted by Crippen LogP contribution is -2.22. The Hall–Kier alpha value is -1.03. The van der Waals surface area contributed by atoms with Gasteiger partial charge < -0.3 is 5.11 Å². The summed E-state index contributed by atoms with van der Waals surface area (Å²) in [6, 6.07) is 0. The molecule has 1 aliphatic rings. The van der Waals surface area contributed by atoms with Crippen LogP contribution in [0.15, 0.2) is 22.0 Å². The molecule has 0 aromatic rings. The molecule has 1 unspecified atom stereocenters. The average molecular weight is 142 g/mol. The van der Waals surface area contributed by atoms with Gasteiger partial charge in [-0.2, -0.15) is 4.39 Å². The summed E-state index contributed by atoms with van der Waals surface area (Å²) in [6.45, 7) is 1.42. The molecule has 1 heterocycles. The first-order chi connectivity index (χ1) is 4.60. The van der Waals surface area contributed by atoms with Crippen molar-refractivity contribution < 1.29 is 9.50 Å². The van der Waals surface area contributed by atoms with Gasteiger partial charge in [0.25, 0.3) is 0 Å². The summed E-state index contributed by atoms with van der Waals surface area (Å²) >= 11 is 0. The maximum absolute atomic E-state index is 12.4.